The van der Waals surface area contributed by atoms with Crippen molar-refractivity contribution >= 4 is 58.0 Å². The summed E-state index contributed by atoms with van der Waals surface area (Å²) in [5, 5.41) is 24.0. The van der Waals surface area contributed by atoms with E-state index >= 15 is 0 Å². The lowest BCUT2D eigenvalue weighted by Crippen LogP contribution is -2.43. The number of aliphatic hydroxyl groups excluding tert-OH is 2. The maximum Gasteiger partial charge on any atom is 0.471 e. The number of Topliss-reactive ketones (excluding diaryl/α,β-unsaturated/α-hetero) is 1. The topological polar surface area (TPSA) is 307 Å². The number of hydrogen-bond acceptors (Lipinski definition) is 15. The van der Waals surface area contributed by atoms with E-state index in [1.807, 2.05) is 0 Å². The fourth-order valence-corrected chi connectivity index (χ4v) is 4.00. The maximum absolute atomic E-state index is 12.1. The molecule has 0 saturated carbocycles. The van der Waals surface area contributed by atoms with Gasteiger partial charge in [-0.05, 0) is 0 Å². The van der Waals surface area contributed by atoms with Crippen LogP contribution in [-0.4, -0.2) is 126 Å². The number of halogens is 15. The van der Waals surface area contributed by atoms with Gasteiger partial charge in [-0.1, -0.05) is 0 Å². The van der Waals surface area contributed by atoms with Crippen LogP contribution in [0.3, 0.4) is 0 Å². The van der Waals surface area contributed by atoms with Crippen molar-refractivity contribution in [3.8, 4) is 0 Å². The lowest BCUT2D eigenvalue weighted by molar-refractivity contribution is -0.173. The number of aliphatic hydroxyl groups is 2. The molecule has 1 unspecified atom stereocenters. The number of amides is 5. The van der Waals surface area contributed by atoms with Crippen LogP contribution in [0.4, 0.5) is 65.9 Å². The molecule has 2 aromatic rings. The average molecular weight is 1000 g/mol. The van der Waals surface area contributed by atoms with Gasteiger partial charge in [0.05, 0.1) is 31.8 Å². The van der Waals surface area contributed by atoms with Gasteiger partial charge >= 0.3 is 48.6 Å². The Hall–Kier alpha value is -4.97. The summed E-state index contributed by atoms with van der Waals surface area (Å²) in [6.45, 7) is 0.369. The number of nitrogens with two attached hydrogens (primary N) is 3. The summed E-state index contributed by atoms with van der Waals surface area (Å²) in [4.78, 5) is 68.8. The fourth-order valence-electron chi connectivity index (χ4n) is 2.63. The number of hydrogen-bond donors (Lipinski definition) is 10. The second-order valence-corrected chi connectivity index (χ2v) is 13.4. The van der Waals surface area contributed by atoms with Crippen molar-refractivity contribution in [2.45, 2.75) is 70.0 Å². The standard InChI is InChI=1S/C7H4F6N2OS.C7H11F3N2O3.C7H9F3N2O3.C5H5F3N2S.C3H10N2O/c8-6(9,10)4(16)14-1-3-2-15-5(17-3)7(11,12)13;2*1-4(13)11-2-5(14)3-12-6(15)7(8,9)10;6-5(7,8)4-10-2-3(1-9)11-4;4-1-3(6)2-5/h2H,1H2,(H,14,16);5,14H,2-3H2,1H3,(H,11,13)(H,12,15);2-3H2,1H3,(H,11,13)(H,12,15);2H,1,9H2;3,6H,1-2,4-5H2. The molecule has 2 heterocycles. The molecule has 0 fully saturated rings. The molecule has 2 rings (SSSR count). The highest BCUT2D eigenvalue weighted by atomic mass is 32.1. The first kappa shape index (κ1) is 63.3. The van der Waals surface area contributed by atoms with E-state index in [2.05, 4.69) is 20.6 Å². The Morgan fingerprint density at radius 2 is 0.922 bits per heavy atom. The monoisotopic (exact) mass is 1000 g/mol. The summed E-state index contributed by atoms with van der Waals surface area (Å²) in [5.41, 5.74) is 15.0. The number of nitrogens with one attached hydrogen (secondary N) is 5. The zero-order valence-corrected chi connectivity index (χ0v) is 34.1. The molecule has 2 aromatic heterocycles. The third kappa shape index (κ3) is 32.7. The zero-order chi connectivity index (χ0) is 50.9. The molecule has 0 spiro atoms. The number of carbonyl (C=O) groups is 6. The molecule has 5 amide bonds. The molecule has 0 bridgehead atoms. The maximum atomic E-state index is 12.1. The van der Waals surface area contributed by atoms with Gasteiger partial charge in [0.25, 0.3) is 0 Å². The number of ketones is 1. The van der Waals surface area contributed by atoms with Crippen LogP contribution < -0.4 is 43.8 Å². The second-order valence-electron chi connectivity index (χ2n) is 11.2. The van der Waals surface area contributed by atoms with E-state index < -0.39 is 115 Å². The first-order valence-electron chi connectivity index (χ1n) is 16.5. The molecule has 64 heavy (non-hydrogen) atoms. The lowest BCUT2D eigenvalue weighted by atomic mass is 10.3. The molecule has 0 radical (unpaired) electrons. The minimum atomic E-state index is -5.06. The van der Waals surface area contributed by atoms with Gasteiger partial charge in [-0.2, -0.15) is 65.9 Å². The van der Waals surface area contributed by atoms with Gasteiger partial charge in [0, 0.05) is 68.7 Å². The van der Waals surface area contributed by atoms with E-state index in [1.165, 1.54) is 22.9 Å². The van der Waals surface area contributed by atoms with Crippen molar-refractivity contribution in [3.05, 3.63) is 32.2 Å². The summed E-state index contributed by atoms with van der Waals surface area (Å²) in [5.74, 6) is -8.13. The van der Waals surface area contributed by atoms with E-state index in [-0.39, 0.29) is 42.4 Å². The number of aromatic nitrogens is 2. The summed E-state index contributed by atoms with van der Waals surface area (Å²) in [7, 11) is 0. The third-order valence-corrected chi connectivity index (χ3v) is 7.71. The Morgan fingerprint density at radius 1 is 0.562 bits per heavy atom. The second kappa shape index (κ2) is 29.5. The van der Waals surface area contributed by atoms with Gasteiger partial charge in [0.1, 0.15) is 0 Å². The first-order valence-corrected chi connectivity index (χ1v) is 18.1. The van der Waals surface area contributed by atoms with Crippen molar-refractivity contribution in [3.63, 3.8) is 0 Å². The number of alkyl halides is 15. The number of carbonyl (C=O) groups excluding carboxylic acids is 6. The summed E-state index contributed by atoms with van der Waals surface area (Å²) in [6.07, 6.45) is -23.9. The number of rotatable bonds is 13. The molecule has 0 aliphatic carbocycles. The van der Waals surface area contributed by atoms with Crippen LogP contribution in [0.15, 0.2) is 12.4 Å². The van der Waals surface area contributed by atoms with Gasteiger partial charge in [-0.15, -0.1) is 22.7 Å². The summed E-state index contributed by atoms with van der Waals surface area (Å²) in [6, 6.07) is 0. The summed E-state index contributed by atoms with van der Waals surface area (Å²) < 4.78 is 177. The van der Waals surface area contributed by atoms with E-state index in [0.717, 1.165) is 19.3 Å². The van der Waals surface area contributed by atoms with Crippen LogP contribution in [-0.2, 0) is 54.2 Å². The van der Waals surface area contributed by atoms with E-state index in [4.69, 9.17) is 27.4 Å². The smallest absolute Gasteiger partial charge is 0.390 e. The van der Waals surface area contributed by atoms with E-state index in [0.29, 0.717) is 16.2 Å². The Balaban J connectivity index is -0.000000748. The van der Waals surface area contributed by atoms with E-state index in [1.54, 1.807) is 0 Å². The minimum absolute atomic E-state index is 0.105. The van der Waals surface area contributed by atoms with Gasteiger partial charge in [0.15, 0.2) is 15.8 Å². The van der Waals surface area contributed by atoms with Crippen LogP contribution in [0.2, 0.25) is 0 Å². The number of thiazole rings is 2. The molecular weight excluding hydrogens is 965 g/mol. The molecule has 0 saturated heterocycles. The van der Waals surface area contributed by atoms with Crippen molar-refractivity contribution in [1.29, 1.82) is 0 Å². The van der Waals surface area contributed by atoms with Crippen LogP contribution in [0, 0.1) is 0 Å². The van der Waals surface area contributed by atoms with Crippen molar-refractivity contribution in [2.75, 3.05) is 39.3 Å². The van der Waals surface area contributed by atoms with Crippen molar-refractivity contribution < 1.29 is 105 Å². The molecule has 35 heteroatoms. The normalized spacial score (nSPS) is 11.9. The average Bonchev–Trinajstić information content (AvgIpc) is 3.87. The predicted molar refractivity (Wildman–Crippen MR) is 191 cm³/mol. The highest BCUT2D eigenvalue weighted by Crippen LogP contribution is 2.33. The molecule has 370 valence electrons. The predicted octanol–water partition coefficient (Wildman–Crippen LogP) is 0.758. The highest BCUT2D eigenvalue weighted by Gasteiger charge is 2.40. The quantitative estimate of drug-likeness (QED) is 0.124. The minimum Gasteiger partial charge on any atom is -0.390 e. The molecule has 0 aliphatic rings. The highest BCUT2D eigenvalue weighted by molar-refractivity contribution is 7.12. The van der Waals surface area contributed by atoms with Gasteiger partial charge in [0.2, 0.25) is 11.8 Å². The Kier molecular flexibility index (Phi) is 29.2. The molecule has 13 N–H and O–H groups in total. The lowest BCUT2D eigenvalue weighted by Gasteiger charge is -2.12. The van der Waals surface area contributed by atoms with Crippen LogP contribution >= 0.6 is 22.7 Å². The fraction of sp³-hybridized carbons (Fsp3) is 0.586. The summed E-state index contributed by atoms with van der Waals surface area (Å²) >= 11 is 0.753. The Morgan fingerprint density at radius 3 is 1.25 bits per heavy atom. The molecule has 1 atom stereocenters. The van der Waals surface area contributed by atoms with Crippen LogP contribution in [0.1, 0.15) is 33.6 Å². The zero-order valence-electron chi connectivity index (χ0n) is 32.4. The van der Waals surface area contributed by atoms with E-state index in [9.17, 15) is 94.6 Å². The number of nitrogens with zero attached hydrogens (tertiary/aromatic N) is 2. The first-order chi connectivity index (χ1) is 28.9. The Labute approximate surface area is 357 Å². The van der Waals surface area contributed by atoms with Crippen molar-refractivity contribution in [1.82, 2.24) is 36.6 Å². The van der Waals surface area contributed by atoms with Gasteiger partial charge < -0.3 is 54.0 Å². The van der Waals surface area contributed by atoms with Crippen LogP contribution in [0.25, 0.3) is 0 Å². The van der Waals surface area contributed by atoms with Crippen molar-refractivity contribution in [2.24, 2.45) is 17.2 Å². The largest absolute Gasteiger partial charge is 0.471 e. The Bertz CT molecular complexity index is 1730. The molecule has 0 aliphatic heterocycles. The third-order valence-electron chi connectivity index (χ3n) is 5.60. The SMILES string of the molecule is CC(=O)NCC(=O)CNC(=O)C(F)(F)F.CC(=O)NCC(O)CNC(=O)C(F)(F)F.NCC(O)CN.NCc1cnc(C(F)(F)F)s1.O=C(NCc1cnc(C(F)(F)F)s1)C(F)(F)F. The molecule has 18 nitrogen and oxygen atoms in total. The molecule has 0 aromatic carbocycles. The molecular formula is C29H39F15N10O8S2. The van der Waals surface area contributed by atoms with Gasteiger partial charge in [-0.3, -0.25) is 28.8 Å². The van der Waals surface area contributed by atoms with Crippen LogP contribution in [0.5, 0.6) is 0 Å². The van der Waals surface area contributed by atoms with Gasteiger partial charge in [-0.25, -0.2) is 9.97 Å².